The number of nitrogens with zero attached hydrogens (tertiary/aromatic N) is 4. The van der Waals surface area contributed by atoms with E-state index in [-0.39, 0.29) is 12.1 Å². The molecule has 0 bridgehead atoms. The second kappa shape index (κ2) is 5.72. The van der Waals surface area contributed by atoms with Crippen LogP contribution in [0.5, 0.6) is 11.9 Å². The third kappa shape index (κ3) is 3.06. The molecule has 0 aliphatic heterocycles. The molecule has 106 valence electrons. The van der Waals surface area contributed by atoms with Crippen LogP contribution in [-0.4, -0.2) is 19.7 Å². The van der Waals surface area contributed by atoms with Gasteiger partial charge in [0.25, 0.3) is 0 Å². The summed E-state index contributed by atoms with van der Waals surface area (Å²) in [5.74, 6) is 0.435. The summed E-state index contributed by atoms with van der Waals surface area (Å²) in [6.45, 7) is 1.90. The fourth-order valence-corrected chi connectivity index (χ4v) is 1.81. The molecule has 0 spiro atoms. The highest BCUT2D eigenvalue weighted by Gasteiger charge is 2.06. The SMILES string of the molecule is C[C@H](N)c1ccc(Oc2ncn(-c3ccccc3)n2)nc1. The minimum Gasteiger partial charge on any atom is -0.404 e. The molecule has 2 heterocycles. The quantitative estimate of drug-likeness (QED) is 0.794. The van der Waals surface area contributed by atoms with Gasteiger partial charge in [0.1, 0.15) is 6.33 Å². The second-order valence-electron chi connectivity index (χ2n) is 4.63. The Morgan fingerprint density at radius 2 is 1.90 bits per heavy atom. The van der Waals surface area contributed by atoms with Crippen molar-refractivity contribution in [3.63, 3.8) is 0 Å². The first-order valence-corrected chi connectivity index (χ1v) is 6.59. The Hall–Kier alpha value is -2.73. The van der Waals surface area contributed by atoms with Crippen LogP contribution in [0, 0.1) is 0 Å². The Bertz CT molecular complexity index is 706. The molecule has 0 saturated carbocycles. The number of benzene rings is 1. The zero-order valence-electron chi connectivity index (χ0n) is 11.5. The Balaban J connectivity index is 1.75. The number of para-hydroxylation sites is 1. The van der Waals surface area contributed by atoms with Crippen LogP contribution in [0.4, 0.5) is 0 Å². The van der Waals surface area contributed by atoms with E-state index in [1.54, 1.807) is 23.3 Å². The zero-order valence-corrected chi connectivity index (χ0v) is 11.5. The van der Waals surface area contributed by atoms with E-state index in [9.17, 15) is 0 Å². The van der Waals surface area contributed by atoms with Crippen LogP contribution in [0.2, 0.25) is 0 Å². The molecule has 3 rings (SSSR count). The van der Waals surface area contributed by atoms with Crippen molar-refractivity contribution < 1.29 is 4.74 Å². The molecule has 3 aromatic rings. The summed E-state index contributed by atoms with van der Waals surface area (Å²) in [6.07, 6.45) is 3.29. The molecule has 1 atom stereocenters. The lowest BCUT2D eigenvalue weighted by Crippen LogP contribution is -2.05. The average molecular weight is 281 g/mol. The van der Waals surface area contributed by atoms with Crippen LogP contribution in [0.25, 0.3) is 5.69 Å². The van der Waals surface area contributed by atoms with Crippen LogP contribution in [0.3, 0.4) is 0 Å². The predicted molar refractivity (Wildman–Crippen MR) is 78.3 cm³/mol. The van der Waals surface area contributed by atoms with E-state index in [2.05, 4.69) is 15.1 Å². The van der Waals surface area contributed by atoms with Gasteiger partial charge in [-0.1, -0.05) is 24.3 Å². The maximum absolute atomic E-state index is 5.78. The van der Waals surface area contributed by atoms with Gasteiger partial charge in [-0.05, 0) is 24.6 Å². The lowest BCUT2D eigenvalue weighted by atomic mass is 10.2. The van der Waals surface area contributed by atoms with Crippen LogP contribution in [0.1, 0.15) is 18.5 Å². The summed E-state index contributed by atoms with van der Waals surface area (Å²) in [4.78, 5) is 8.30. The van der Waals surface area contributed by atoms with Gasteiger partial charge in [0, 0.05) is 18.3 Å². The molecule has 21 heavy (non-hydrogen) atoms. The van der Waals surface area contributed by atoms with E-state index in [1.807, 2.05) is 43.3 Å². The van der Waals surface area contributed by atoms with E-state index >= 15 is 0 Å². The Morgan fingerprint density at radius 1 is 1.10 bits per heavy atom. The third-order valence-corrected chi connectivity index (χ3v) is 2.97. The van der Waals surface area contributed by atoms with Gasteiger partial charge in [0.05, 0.1) is 5.69 Å². The topological polar surface area (TPSA) is 78.9 Å². The molecule has 0 aliphatic rings. The van der Waals surface area contributed by atoms with E-state index in [1.165, 1.54) is 0 Å². The summed E-state index contributed by atoms with van der Waals surface area (Å²) in [6, 6.07) is 13.5. The van der Waals surface area contributed by atoms with Crippen molar-refractivity contribution in [1.29, 1.82) is 0 Å². The maximum atomic E-state index is 5.78. The molecule has 0 fully saturated rings. The molecule has 1 aromatic carbocycles. The lowest BCUT2D eigenvalue weighted by molar-refractivity contribution is 0.424. The first-order valence-electron chi connectivity index (χ1n) is 6.59. The monoisotopic (exact) mass is 281 g/mol. The summed E-state index contributed by atoms with van der Waals surface area (Å²) in [5, 5.41) is 4.25. The predicted octanol–water partition coefficient (Wildman–Crippen LogP) is 2.47. The molecule has 0 saturated heterocycles. The van der Waals surface area contributed by atoms with Crippen molar-refractivity contribution in [1.82, 2.24) is 19.7 Å². The minimum atomic E-state index is -0.0537. The second-order valence-corrected chi connectivity index (χ2v) is 4.63. The number of pyridine rings is 1. The lowest BCUT2D eigenvalue weighted by Gasteiger charge is -2.05. The van der Waals surface area contributed by atoms with Gasteiger partial charge in [-0.3, -0.25) is 0 Å². The summed E-state index contributed by atoms with van der Waals surface area (Å²) >= 11 is 0. The van der Waals surface area contributed by atoms with Crippen molar-refractivity contribution >= 4 is 0 Å². The number of aromatic nitrogens is 4. The zero-order chi connectivity index (χ0) is 14.7. The smallest absolute Gasteiger partial charge is 0.342 e. The van der Waals surface area contributed by atoms with Gasteiger partial charge < -0.3 is 10.5 Å². The van der Waals surface area contributed by atoms with E-state index in [0.717, 1.165) is 11.3 Å². The Kier molecular flexibility index (Phi) is 3.61. The number of ether oxygens (including phenoxy) is 1. The highest BCUT2D eigenvalue weighted by Crippen LogP contribution is 2.17. The Morgan fingerprint density at radius 3 is 2.57 bits per heavy atom. The van der Waals surface area contributed by atoms with Crippen LogP contribution >= 0.6 is 0 Å². The molecule has 6 nitrogen and oxygen atoms in total. The van der Waals surface area contributed by atoms with E-state index in [4.69, 9.17) is 10.5 Å². The molecule has 2 aromatic heterocycles. The van der Waals surface area contributed by atoms with E-state index in [0.29, 0.717) is 5.88 Å². The van der Waals surface area contributed by atoms with Gasteiger partial charge >= 0.3 is 6.01 Å². The highest BCUT2D eigenvalue weighted by atomic mass is 16.5. The minimum absolute atomic E-state index is 0.0537. The van der Waals surface area contributed by atoms with Crippen LogP contribution in [-0.2, 0) is 0 Å². The number of hydrogen-bond acceptors (Lipinski definition) is 5. The van der Waals surface area contributed by atoms with E-state index < -0.39 is 0 Å². The number of rotatable bonds is 4. The Labute approximate surface area is 122 Å². The first kappa shape index (κ1) is 13.3. The fraction of sp³-hybridized carbons (Fsp3) is 0.133. The summed E-state index contributed by atoms with van der Waals surface area (Å²) in [5.41, 5.74) is 7.64. The van der Waals surface area contributed by atoms with Crippen molar-refractivity contribution in [3.05, 3.63) is 60.6 Å². The molecule has 0 unspecified atom stereocenters. The fourth-order valence-electron chi connectivity index (χ4n) is 1.81. The van der Waals surface area contributed by atoms with Crippen LogP contribution < -0.4 is 10.5 Å². The first-order chi connectivity index (χ1) is 10.2. The van der Waals surface area contributed by atoms with Crippen molar-refractivity contribution in [3.8, 4) is 17.6 Å². The highest BCUT2D eigenvalue weighted by molar-refractivity contribution is 5.30. The standard InChI is InChI=1S/C15H15N5O/c1-11(16)12-7-8-14(17-9-12)21-15-18-10-20(19-15)13-5-3-2-4-6-13/h2-11H,16H2,1H3/t11-/m0/s1. The molecule has 6 heteroatoms. The molecular weight excluding hydrogens is 266 g/mol. The number of hydrogen-bond donors (Lipinski definition) is 1. The molecule has 0 radical (unpaired) electrons. The van der Waals surface area contributed by atoms with Gasteiger partial charge in [-0.2, -0.15) is 4.98 Å². The average Bonchev–Trinajstić information content (AvgIpc) is 2.97. The van der Waals surface area contributed by atoms with Crippen molar-refractivity contribution in [2.75, 3.05) is 0 Å². The molecular formula is C15H15N5O. The summed E-state index contributed by atoms with van der Waals surface area (Å²) < 4.78 is 7.16. The van der Waals surface area contributed by atoms with Gasteiger partial charge in [-0.15, -0.1) is 5.10 Å². The van der Waals surface area contributed by atoms with Gasteiger partial charge in [0.2, 0.25) is 5.88 Å². The third-order valence-electron chi connectivity index (χ3n) is 2.97. The van der Waals surface area contributed by atoms with Gasteiger partial charge in [-0.25, -0.2) is 9.67 Å². The number of nitrogens with two attached hydrogens (primary N) is 1. The van der Waals surface area contributed by atoms with Gasteiger partial charge in [0.15, 0.2) is 0 Å². The van der Waals surface area contributed by atoms with Crippen molar-refractivity contribution in [2.24, 2.45) is 5.73 Å². The normalized spacial score (nSPS) is 12.1. The van der Waals surface area contributed by atoms with Crippen molar-refractivity contribution in [2.45, 2.75) is 13.0 Å². The molecule has 2 N–H and O–H groups in total. The summed E-state index contributed by atoms with van der Waals surface area (Å²) in [7, 11) is 0. The largest absolute Gasteiger partial charge is 0.404 e. The molecule has 0 aliphatic carbocycles. The van der Waals surface area contributed by atoms with Crippen LogP contribution in [0.15, 0.2) is 55.0 Å². The molecule has 0 amide bonds. The maximum Gasteiger partial charge on any atom is 0.342 e.